The first kappa shape index (κ1) is 103. The average molecular weight is 1820 g/mol. The van der Waals surface area contributed by atoms with E-state index in [1.54, 1.807) is 0 Å². The molecular formula is C67H106N22O30P4. The molecule has 4 aliphatic heterocycles. The first-order valence-corrected chi connectivity index (χ1v) is 41.9. The molecule has 23 N–H and O–H groups in total. The number of anilines is 4. The van der Waals surface area contributed by atoms with Crippen molar-refractivity contribution in [2.75, 3.05) is 90.6 Å². The molecule has 0 spiro atoms. The highest BCUT2D eigenvalue weighted by atomic mass is 31.2. The zero-order valence-corrected chi connectivity index (χ0v) is 68.1. The number of fused-ring (bicyclic) bond motifs is 4. The number of ether oxygens (including phenoxy) is 4. The highest BCUT2D eigenvalue weighted by Crippen LogP contribution is 2.50. The van der Waals surface area contributed by atoms with Crippen LogP contribution in [0.3, 0.4) is 0 Å². The number of hydrogen-bond donors (Lipinski definition) is 16. The molecule has 10 aromatic rings. The number of aliphatic hydroxyl groups excluding tert-OH is 6. The third-order valence-electron chi connectivity index (χ3n) is 18.7. The van der Waals surface area contributed by atoms with Crippen LogP contribution >= 0.6 is 31.3 Å². The number of aliphatic hydroxyl groups is 6. The molecule has 0 bridgehead atoms. The number of quaternary nitrogens is 2. The number of aromatic amines is 2. The SMILES string of the molecule is C.C.C.CCC[N+](C)(C)Cc1ccccc1.CCC[N+](C)(C)Cc1ccccc1.Nc1nc2c(ncn2C2OC(COP(=O)([O-])OC3C(O)C(COP(=O)(O)O)OC3n3cnc4c(N)ncnc43)C(O)C2O)c(=O)[nH]1.Nc1nc2c(ncn2[C@@H]2O[C@H](COP(=O)([O-])O[C@H]3C(O)[C@@H](COP(=O)(O)O)O[C@H]3n3cnc4c(N)ncnc43)C(O)[C@@H]2O)c(=O)[nH]1.O.[H+].[OH-]. The summed E-state index contributed by atoms with van der Waals surface area (Å²) < 4.78 is 107. The van der Waals surface area contributed by atoms with Crippen molar-refractivity contribution >= 4 is 99.5 Å². The molecule has 2 aromatic carbocycles. The van der Waals surface area contributed by atoms with E-state index in [0.29, 0.717) is 0 Å². The molecule has 684 valence electrons. The number of nitrogens with one attached hydrogen (secondary N) is 2. The van der Waals surface area contributed by atoms with Crippen LogP contribution in [0.1, 0.15) is 86.4 Å². The number of benzene rings is 2. The van der Waals surface area contributed by atoms with Crippen LogP contribution in [-0.2, 0) is 77.4 Å². The fraction of sp³-hybridized carbons (Fsp3) is 0.522. The van der Waals surface area contributed by atoms with Gasteiger partial charge in [-0.05, 0) is 12.8 Å². The first-order chi connectivity index (χ1) is 55.5. The van der Waals surface area contributed by atoms with Crippen molar-refractivity contribution < 1.29 is 146 Å². The summed E-state index contributed by atoms with van der Waals surface area (Å²) in [5, 5.41) is 64.2. The third kappa shape index (κ3) is 25.4. The zero-order chi connectivity index (χ0) is 85.7. The zero-order valence-electron chi connectivity index (χ0n) is 65.6. The Labute approximate surface area is 701 Å². The molecule has 0 saturated carbocycles. The van der Waals surface area contributed by atoms with Gasteiger partial charge in [-0.25, -0.2) is 49.0 Å². The van der Waals surface area contributed by atoms with Crippen LogP contribution in [-0.4, -0.2) is 289 Å². The van der Waals surface area contributed by atoms with Crippen LogP contribution < -0.4 is 43.8 Å². The summed E-state index contributed by atoms with van der Waals surface area (Å²) in [4.78, 5) is 131. The normalized spacial score (nSPS) is 24.9. The number of H-pyrrole nitrogens is 2. The van der Waals surface area contributed by atoms with Crippen LogP contribution in [0.15, 0.2) is 108 Å². The lowest BCUT2D eigenvalue weighted by atomic mass is 10.1. The van der Waals surface area contributed by atoms with Crippen molar-refractivity contribution in [2.24, 2.45) is 0 Å². The number of aromatic nitrogens is 16. The fourth-order valence-corrected chi connectivity index (χ4v) is 16.0. The van der Waals surface area contributed by atoms with Gasteiger partial charge in [-0.1, -0.05) is 96.8 Å². The molecule has 8 aromatic heterocycles. The van der Waals surface area contributed by atoms with Crippen LogP contribution in [0.4, 0.5) is 23.5 Å². The molecule has 18 atom stereocenters. The molecule has 4 fully saturated rings. The molecule has 0 aliphatic carbocycles. The topological polar surface area (TPSA) is 789 Å². The highest BCUT2D eigenvalue weighted by molar-refractivity contribution is 7.46. The van der Waals surface area contributed by atoms with Gasteiger partial charge in [0.05, 0.1) is 93.0 Å². The summed E-state index contributed by atoms with van der Waals surface area (Å²) in [6.45, 7) is 5.66. The smallest absolute Gasteiger partial charge is 0.870 e. The highest BCUT2D eigenvalue weighted by Gasteiger charge is 2.52. The number of imidazole rings is 4. The molecule has 123 heavy (non-hydrogen) atoms. The van der Waals surface area contributed by atoms with Gasteiger partial charge in [0, 0.05) is 11.1 Å². The summed E-state index contributed by atoms with van der Waals surface area (Å²) in [6, 6.07) is 21.4. The Morgan fingerprint density at radius 3 is 1.08 bits per heavy atom. The quantitative estimate of drug-likeness (QED) is 0.0192. The molecule has 0 amide bonds. The summed E-state index contributed by atoms with van der Waals surface area (Å²) in [6.07, 6.45) is -17.0. The van der Waals surface area contributed by atoms with E-state index in [9.17, 15) is 68.3 Å². The molecule has 56 heteroatoms. The lowest BCUT2D eigenvalue weighted by molar-refractivity contribution is -0.903. The Morgan fingerprint density at radius 1 is 0.455 bits per heavy atom. The summed E-state index contributed by atoms with van der Waals surface area (Å²) in [7, 11) is -11.8. The van der Waals surface area contributed by atoms with Crippen molar-refractivity contribution in [3.63, 3.8) is 0 Å². The Kier molecular flexibility index (Phi) is 35.7. The largest absolute Gasteiger partial charge is 1.00 e. The Bertz CT molecular complexity index is 5100. The summed E-state index contributed by atoms with van der Waals surface area (Å²) in [5.41, 5.74) is 24.1. The second kappa shape index (κ2) is 42.5. The van der Waals surface area contributed by atoms with E-state index in [1.165, 1.54) is 37.1 Å². The van der Waals surface area contributed by atoms with E-state index in [4.69, 9.17) is 79.6 Å². The van der Waals surface area contributed by atoms with Crippen LogP contribution in [0.2, 0.25) is 0 Å². The maximum absolute atomic E-state index is 13.0. The van der Waals surface area contributed by atoms with Crippen molar-refractivity contribution in [2.45, 2.75) is 160 Å². The molecular weight excluding hydrogens is 1720 g/mol. The molecule has 4 aliphatic rings. The van der Waals surface area contributed by atoms with Crippen LogP contribution in [0.25, 0.3) is 44.7 Å². The van der Waals surface area contributed by atoms with E-state index >= 15 is 0 Å². The molecule has 12 unspecified atom stereocenters. The maximum atomic E-state index is 13.0. The number of nitrogens with zero attached hydrogens (tertiary/aromatic N) is 16. The maximum Gasteiger partial charge on any atom is 1.00 e. The van der Waals surface area contributed by atoms with Crippen molar-refractivity contribution in [1.82, 2.24) is 78.1 Å². The number of phosphoric acid groups is 4. The van der Waals surface area contributed by atoms with Gasteiger partial charge in [-0.2, -0.15) is 9.97 Å². The van der Waals surface area contributed by atoms with Crippen molar-refractivity contribution in [3.05, 3.63) is 130 Å². The minimum atomic E-state index is -5.44. The number of nitrogens with two attached hydrogens (primary N) is 4. The van der Waals surface area contributed by atoms with Gasteiger partial charge in [0.2, 0.25) is 11.9 Å². The Morgan fingerprint density at radius 2 is 0.756 bits per heavy atom. The van der Waals surface area contributed by atoms with E-state index in [0.717, 1.165) is 78.3 Å². The van der Waals surface area contributed by atoms with E-state index in [1.807, 2.05) is 0 Å². The molecule has 14 rings (SSSR count). The second-order valence-electron chi connectivity index (χ2n) is 28.7. The van der Waals surface area contributed by atoms with Crippen LogP contribution in [0, 0.1) is 0 Å². The third-order valence-corrected chi connectivity index (χ3v) is 21.7. The number of phosphoric ester groups is 4. The predicted octanol–water partition coefficient (Wildman–Crippen LogP) is -1.67. The molecule has 12 heterocycles. The molecule has 52 nitrogen and oxygen atoms in total. The predicted molar refractivity (Wildman–Crippen MR) is 431 cm³/mol. The van der Waals surface area contributed by atoms with Gasteiger partial charge < -0.3 is 140 Å². The van der Waals surface area contributed by atoms with Gasteiger partial charge in [-0.3, -0.25) is 56.0 Å². The van der Waals surface area contributed by atoms with Gasteiger partial charge in [0.25, 0.3) is 26.8 Å². The van der Waals surface area contributed by atoms with Gasteiger partial charge in [0.15, 0.2) is 70.2 Å². The Hall–Kier alpha value is -8.68. The lowest BCUT2D eigenvalue weighted by Gasteiger charge is -2.30. The summed E-state index contributed by atoms with van der Waals surface area (Å²) in [5.74, 6) is -0.597. The second-order valence-corrected chi connectivity index (χ2v) is 33.9. The fourth-order valence-electron chi connectivity index (χ4n) is 13.5. The standard InChI is InChI=1S/2C20H26N10O14P2.2C12H20N.3CH4.2H2O/c2*21-14-8-15(24-3-23-14)29(4-25-8)19-13(11(32)7(43-19)1-40-45(35,36)37)44-46(38,39)41-2-6-10(31)12(33)18(42-6)30-5-26-9-16(30)27-20(22)28-17(9)34;2*1-4-10-13(2,3)11-12-8-6-5-7-9-12;;;;;/h2*3-7,10-13,18-19,31-33H,1-2H2,(H,38,39)(H2,21,23,24)(H2,35,36,37)(H3,22,27,28,34);2*5-9H,4,10-11H2,1-3H3;3*1H4;2*1H2/q;;2*+1;;;;;/p-2/t6-,7-,10?,11?,12+,13+,18-,19-;;;;;;;;/m1......../s1. The van der Waals surface area contributed by atoms with Gasteiger partial charge in [0.1, 0.15) is 110 Å². The minimum absolute atomic E-state index is 0. The van der Waals surface area contributed by atoms with E-state index < -0.39 is 167 Å². The molecule has 4 saturated heterocycles. The van der Waals surface area contributed by atoms with Gasteiger partial charge >= 0.3 is 17.1 Å². The first-order valence-electron chi connectivity index (χ1n) is 36.0. The van der Waals surface area contributed by atoms with Crippen molar-refractivity contribution in [1.29, 1.82) is 0 Å². The molecule has 0 radical (unpaired) electrons. The average Bonchev–Trinajstić information content (AvgIpc) is 1.62. The number of rotatable bonds is 28. The van der Waals surface area contributed by atoms with Gasteiger partial charge in [-0.15, -0.1) is 0 Å². The van der Waals surface area contributed by atoms with E-state index in [-0.39, 0.29) is 103 Å². The number of hydrogen-bond acceptors (Lipinski definition) is 39. The van der Waals surface area contributed by atoms with E-state index in [2.05, 4.69) is 172 Å². The summed E-state index contributed by atoms with van der Waals surface area (Å²) >= 11 is 0. The lowest BCUT2D eigenvalue weighted by Crippen LogP contribution is -2.39. The minimum Gasteiger partial charge on any atom is -0.870 e. The number of nitrogen functional groups attached to an aromatic ring is 4. The van der Waals surface area contributed by atoms with Crippen LogP contribution in [0.5, 0.6) is 0 Å². The Balaban J connectivity index is 0.000000329. The van der Waals surface area contributed by atoms with Crippen molar-refractivity contribution in [3.8, 4) is 0 Å². The monoisotopic (exact) mass is 1820 g/mol.